The smallest absolute Gasteiger partial charge is 0.250 e. The fraction of sp³-hybridized carbons (Fsp3) is 0.222. The molecule has 1 N–H and O–H groups in total. The summed E-state index contributed by atoms with van der Waals surface area (Å²) in [5, 5.41) is 4.09. The molecule has 1 aliphatic heterocycles. The van der Waals surface area contributed by atoms with Crippen molar-refractivity contribution < 1.29 is 18.7 Å². The first-order valence-corrected chi connectivity index (χ1v) is 8.72. The van der Waals surface area contributed by atoms with Gasteiger partial charge in [-0.25, -0.2) is 9.82 Å². The zero-order valence-corrected chi connectivity index (χ0v) is 14.4. The fourth-order valence-electron chi connectivity index (χ4n) is 2.22. The molecule has 0 saturated carbocycles. The SMILES string of the molecule is C/C(=N/NC(=O)CSc1ccccc1F)c1ccc2c(c1)OCCO2. The summed E-state index contributed by atoms with van der Waals surface area (Å²) in [4.78, 5) is 12.3. The molecule has 2 aromatic carbocycles. The molecule has 2 aromatic rings. The number of nitrogens with zero attached hydrogens (tertiary/aromatic N) is 1. The molecular weight excluding hydrogens is 343 g/mol. The summed E-state index contributed by atoms with van der Waals surface area (Å²) in [6, 6.07) is 11.8. The molecule has 0 fully saturated rings. The molecule has 7 heteroatoms. The van der Waals surface area contributed by atoms with E-state index in [-0.39, 0.29) is 17.5 Å². The predicted molar refractivity (Wildman–Crippen MR) is 94.9 cm³/mol. The molecule has 0 spiro atoms. The topological polar surface area (TPSA) is 59.9 Å². The molecule has 0 radical (unpaired) electrons. The van der Waals surface area contributed by atoms with Gasteiger partial charge in [0.25, 0.3) is 0 Å². The van der Waals surface area contributed by atoms with Gasteiger partial charge in [-0.3, -0.25) is 4.79 Å². The van der Waals surface area contributed by atoms with Crippen molar-refractivity contribution in [3.8, 4) is 11.5 Å². The predicted octanol–water partition coefficient (Wildman–Crippen LogP) is 3.23. The zero-order chi connectivity index (χ0) is 17.6. The van der Waals surface area contributed by atoms with Crippen molar-refractivity contribution in [3.05, 3.63) is 53.8 Å². The Balaban J connectivity index is 1.57. The summed E-state index contributed by atoms with van der Waals surface area (Å²) < 4.78 is 24.5. The quantitative estimate of drug-likeness (QED) is 0.505. The second-order valence-corrected chi connectivity index (χ2v) is 6.33. The molecule has 0 atom stereocenters. The fourth-order valence-corrected chi connectivity index (χ4v) is 2.95. The molecule has 25 heavy (non-hydrogen) atoms. The highest BCUT2D eigenvalue weighted by Crippen LogP contribution is 2.30. The van der Waals surface area contributed by atoms with E-state index in [1.807, 2.05) is 18.2 Å². The summed E-state index contributed by atoms with van der Waals surface area (Å²) in [5.41, 5.74) is 3.95. The first-order valence-electron chi connectivity index (χ1n) is 7.74. The van der Waals surface area contributed by atoms with Crippen molar-refractivity contribution in [2.24, 2.45) is 5.10 Å². The molecule has 0 aliphatic carbocycles. The minimum Gasteiger partial charge on any atom is -0.486 e. The molecule has 1 heterocycles. The lowest BCUT2D eigenvalue weighted by atomic mass is 10.1. The summed E-state index contributed by atoms with van der Waals surface area (Å²) in [7, 11) is 0. The van der Waals surface area contributed by atoms with Crippen LogP contribution in [0.15, 0.2) is 52.5 Å². The standard InChI is InChI=1S/C18H17FN2O3S/c1-12(13-6-7-15-16(10-13)24-9-8-23-15)20-21-18(22)11-25-17-5-3-2-4-14(17)19/h2-7,10H,8-9,11H2,1H3,(H,21,22)/b20-12-. The number of benzene rings is 2. The minimum absolute atomic E-state index is 0.0822. The monoisotopic (exact) mass is 360 g/mol. The molecule has 1 aliphatic rings. The van der Waals surface area contributed by atoms with Gasteiger partial charge in [-0.15, -0.1) is 11.8 Å². The number of halogens is 1. The average molecular weight is 360 g/mol. The van der Waals surface area contributed by atoms with Crippen LogP contribution in [-0.2, 0) is 4.79 Å². The second kappa shape index (κ2) is 8.02. The van der Waals surface area contributed by atoms with Gasteiger partial charge in [-0.2, -0.15) is 5.10 Å². The van der Waals surface area contributed by atoms with Gasteiger partial charge in [0, 0.05) is 10.5 Å². The lowest BCUT2D eigenvalue weighted by molar-refractivity contribution is -0.118. The van der Waals surface area contributed by atoms with E-state index in [0.29, 0.717) is 35.3 Å². The Labute approximate surface area is 149 Å². The maximum absolute atomic E-state index is 13.5. The minimum atomic E-state index is -0.337. The lowest BCUT2D eigenvalue weighted by Crippen LogP contribution is -2.21. The largest absolute Gasteiger partial charge is 0.486 e. The van der Waals surface area contributed by atoms with Crippen LogP contribution >= 0.6 is 11.8 Å². The van der Waals surface area contributed by atoms with Gasteiger partial charge in [0.1, 0.15) is 19.0 Å². The van der Waals surface area contributed by atoms with Crippen LogP contribution in [0.3, 0.4) is 0 Å². The van der Waals surface area contributed by atoms with Crippen molar-refractivity contribution in [1.82, 2.24) is 5.43 Å². The van der Waals surface area contributed by atoms with Crippen molar-refractivity contribution >= 4 is 23.4 Å². The van der Waals surface area contributed by atoms with E-state index < -0.39 is 0 Å². The van der Waals surface area contributed by atoms with E-state index in [1.165, 1.54) is 6.07 Å². The first kappa shape index (κ1) is 17.3. The van der Waals surface area contributed by atoms with Gasteiger partial charge in [-0.1, -0.05) is 12.1 Å². The Hall–Kier alpha value is -2.54. The Morgan fingerprint density at radius 3 is 2.76 bits per heavy atom. The number of rotatable bonds is 5. The maximum Gasteiger partial charge on any atom is 0.250 e. The van der Waals surface area contributed by atoms with Gasteiger partial charge in [0.2, 0.25) is 5.91 Å². The molecule has 5 nitrogen and oxygen atoms in total. The molecule has 0 aromatic heterocycles. The van der Waals surface area contributed by atoms with Crippen LogP contribution in [0.1, 0.15) is 12.5 Å². The van der Waals surface area contributed by atoms with E-state index in [0.717, 1.165) is 17.3 Å². The third-order valence-corrected chi connectivity index (χ3v) is 4.55. The van der Waals surface area contributed by atoms with Gasteiger partial charge in [0.15, 0.2) is 11.5 Å². The van der Waals surface area contributed by atoms with E-state index in [2.05, 4.69) is 10.5 Å². The summed E-state index contributed by atoms with van der Waals surface area (Å²) in [6.45, 7) is 2.83. The van der Waals surface area contributed by atoms with Crippen LogP contribution in [0.4, 0.5) is 4.39 Å². The summed E-state index contributed by atoms with van der Waals surface area (Å²) >= 11 is 1.13. The number of hydrazone groups is 1. The van der Waals surface area contributed by atoms with Crippen LogP contribution in [0.5, 0.6) is 11.5 Å². The number of carbonyl (C=O) groups excluding carboxylic acids is 1. The van der Waals surface area contributed by atoms with Crippen LogP contribution in [-0.4, -0.2) is 30.6 Å². The van der Waals surface area contributed by atoms with Crippen LogP contribution in [0, 0.1) is 5.82 Å². The highest BCUT2D eigenvalue weighted by molar-refractivity contribution is 8.00. The molecular formula is C18H17FN2O3S. The molecule has 3 rings (SSSR count). The Bertz CT molecular complexity index is 811. The molecule has 130 valence electrons. The summed E-state index contributed by atoms with van der Waals surface area (Å²) in [5.74, 6) is 0.813. The van der Waals surface area contributed by atoms with Crippen molar-refractivity contribution in [2.45, 2.75) is 11.8 Å². The highest BCUT2D eigenvalue weighted by atomic mass is 32.2. The van der Waals surface area contributed by atoms with Crippen molar-refractivity contribution in [1.29, 1.82) is 0 Å². The van der Waals surface area contributed by atoms with Crippen molar-refractivity contribution in [3.63, 3.8) is 0 Å². The Morgan fingerprint density at radius 2 is 1.96 bits per heavy atom. The number of thioether (sulfide) groups is 1. The van der Waals surface area contributed by atoms with E-state index in [1.54, 1.807) is 25.1 Å². The molecule has 1 amide bonds. The summed E-state index contributed by atoms with van der Waals surface area (Å²) in [6.07, 6.45) is 0. The van der Waals surface area contributed by atoms with Crippen LogP contribution < -0.4 is 14.9 Å². The Kier molecular flexibility index (Phi) is 5.55. The van der Waals surface area contributed by atoms with Gasteiger partial charge in [-0.05, 0) is 37.3 Å². The third kappa shape index (κ3) is 4.51. The second-order valence-electron chi connectivity index (χ2n) is 5.31. The number of amides is 1. The third-order valence-electron chi connectivity index (χ3n) is 3.50. The number of hydrogen-bond donors (Lipinski definition) is 1. The van der Waals surface area contributed by atoms with Crippen molar-refractivity contribution in [2.75, 3.05) is 19.0 Å². The maximum atomic E-state index is 13.5. The molecule has 0 bridgehead atoms. The zero-order valence-electron chi connectivity index (χ0n) is 13.6. The van der Waals surface area contributed by atoms with E-state index >= 15 is 0 Å². The number of fused-ring (bicyclic) bond motifs is 1. The molecule has 0 saturated heterocycles. The van der Waals surface area contributed by atoms with E-state index in [9.17, 15) is 9.18 Å². The number of ether oxygens (including phenoxy) is 2. The number of carbonyl (C=O) groups is 1. The normalized spacial score (nSPS) is 13.4. The molecule has 0 unspecified atom stereocenters. The van der Waals surface area contributed by atoms with Gasteiger partial charge < -0.3 is 9.47 Å². The number of nitrogens with one attached hydrogen (secondary N) is 1. The van der Waals surface area contributed by atoms with Crippen LogP contribution in [0.25, 0.3) is 0 Å². The highest BCUT2D eigenvalue weighted by Gasteiger charge is 2.13. The lowest BCUT2D eigenvalue weighted by Gasteiger charge is -2.18. The van der Waals surface area contributed by atoms with Crippen LogP contribution in [0.2, 0.25) is 0 Å². The first-order chi connectivity index (χ1) is 12.1. The van der Waals surface area contributed by atoms with Gasteiger partial charge >= 0.3 is 0 Å². The average Bonchev–Trinajstić information content (AvgIpc) is 2.65. The van der Waals surface area contributed by atoms with E-state index in [4.69, 9.17) is 9.47 Å². The number of hydrogen-bond acceptors (Lipinski definition) is 5. The Morgan fingerprint density at radius 1 is 1.20 bits per heavy atom. The van der Waals surface area contributed by atoms with Gasteiger partial charge in [0.05, 0.1) is 11.5 Å².